The minimum atomic E-state index is -4.39. The zero-order valence-electron chi connectivity index (χ0n) is 10.2. The molecule has 2 aromatic carbocycles. The molecule has 2 rings (SSSR count). The Kier molecular flexibility index (Phi) is 4.09. The van der Waals surface area contributed by atoms with Gasteiger partial charge in [-0.15, -0.1) is 0 Å². The molecule has 0 aliphatic heterocycles. The third kappa shape index (κ3) is 3.57. The molecule has 6 heteroatoms. The number of ether oxygens (including phenoxy) is 1. The van der Waals surface area contributed by atoms with E-state index < -0.39 is 11.7 Å². The van der Waals surface area contributed by atoms with Crippen LogP contribution in [0.3, 0.4) is 0 Å². The van der Waals surface area contributed by atoms with Crippen molar-refractivity contribution < 1.29 is 17.9 Å². The number of nitrogens with two attached hydrogens (primary N) is 1. The smallest absolute Gasteiger partial charge is 0.416 e. The molecule has 2 aromatic rings. The maximum Gasteiger partial charge on any atom is 0.416 e. The molecule has 0 fully saturated rings. The monoisotopic (exact) mass is 301 g/mol. The van der Waals surface area contributed by atoms with Crippen LogP contribution >= 0.6 is 11.6 Å². The number of hydrogen-bond donors (Lipinski definition) is 1. The van der Waals surface area contributed by atoms with Gasteiger partial charge in [0, 0.05) is 16.3 Å². The minimum absolute atomic E-state index is 0.0493. The number of benzene rings is 2. The zero-order chi connectivity index (χ0) is 14.8. The van der Waals surface area contributed by atoms with E-state index in [1.807, 2.05) is 0 Å². The topological polar surface area (TPSA) is 35.2 Å². The first-order chi connectivity index (χ1) is 9.36. The minimum Gasteiger partial charge on any atom is -0.489 e. The van der Waals surface area contributed by atoms with Gasteiger partial charge < -0.3 is 10.5 Å². The van der Waals surface area contributed by atoms with E-state index in [1.165, 1.54) is 12.1 Å². The number of rotatable bonds is 3. The Morgan fingerprint density at radius 3 is 2.55 bits per heavy atom. The van der Waals surface area contributed by atoms with Gasteiger partial charge in [0.15, 0.2) is 0 Å². The van der Waals surface area contributed by atoms with Gasteiger partial charge in [-0.1, -0.05) is 17.7 Å². The first kappa shape index (κ1) is 14.5. The molecule has 0 aliphatic rings. The summed E-state index contributed by atoms with van der Waals surface area (Å²) in [7, 11) is 0. The highest BCUT2D eigenvalue weighted by molar-refractivity contribution is 6.30. The van der Waals surface area contributed by atoms with Gasteiger partial charge >= 0.3 is 6.18 Å². The number of nitrogen functional groups attached to an aromatic ring is 1. The lowest BCUT2D eigenvalue weighted by Gasteiger charge is -2.11. The van der Waals surface area contributed by atoms with Crippen molar-refractivity contribution >= 4 is 17.3 Å². The first-order valence-electron chi connectivity index (χ1n) is 5.70. The quantitative estimate of drug-likeness (QED) is 0.846. The molecule has 0 spiro atoms. The molecular formula is C14H11ClF3NO. The lowest BCUT2D eigenvalue weighted by molar-refractivity contribution is -0.137. The zero-order valence-corrected chi connectivity index (χ0v) is 11.0. The molecule has 0 saturated carbocycles. The maximum absolute atomic E-state index is 12.6. The lowest BCUT2D eigenvalue weighted by atomic mass is 10.2. The summed E-state index contributed by atoms with van der Waals surface area (Å²) in [5.41, 5.74) is 6.07. The Hall–Kier alpha value is -1.88. The molecule has 2 nitrogen and oxygen atoms in total. The maximum atomic E-state index is 12.6. The highest BCUT2D eigenvalue weighted by Gasteiger charge is 2.30. The summed E-state index contributed by atoms with van der Waals surface area (Å²) in [6.45, 7) is 0.0493. The van der Waals surface area contributed by atoms with Crippen molar-refractivity contribution in [3.63, 3.8) is 0 Å². The van der Waals surface area contributed by atoms with Crippen LogP contribution in [0.25, 0.3) is 0 Å². The number of alkyl halides is 3. The standard InChI is InChI=1S/C14H11ClF3NO/c15-11-4-5-13(19)9(6-11)8-20-12-3-1-2-10(7-12)14(16,17)18/h1-7H,8,19H2. The number of hydrogen-bond acceptors (Lipinski definition) is 2. The molecule has 20 heavy (non-hydrogen) atoms. The van der Waals surface area contributed by atoms with Crippen molar-refractivity contribution in [3.8, 4) is 5.75 Å². The van der Waals surface area contributed by atoms with Crippen LogP contribution in [0.4, 0.5) is 18.9 Å². The molecule has 0 atom stereocenters. The van der Waals surface area contributed by atoms with Crippen LogP contribution in [0, 0.1) is 0 Å². The fraction of sp³-hybridized carbons (Fsp3) is 0.143. The van der Waals surface area contributed by atoms with Gasteiger partial charge in [0.25, 0.3) is 0 Å². The van der Waals surface area contributed by atoms with Crippen LogP contribution in [-0.2, 0) is 12.8 Å². The molecule has 106 valence electrons. The predicted octanol–water partition coefficient (Wildman–Crippen LogP) is 4.52. The average molecular weight is 302 g/mol. The van der Waals surface area contributed by atoms with Crippen LogP contribution in [0.1, 0.15) is 11.1 Å². The normalized spacial score (nSPS) is 11.4. The molecular weight excluding hydrogens is 291 g/mol. The summed E-state index contributed by atoms with van der Waals surface area (Å²) >= 11 is 5.82. The predicted molar refractivity (Wildman–Crippen MR) is 71.6 cm³/mol. The van der Waals surface area contributed by atoms with Gasteiger partial charge in [-0.05, 0) is 36.4 Å². The number of halogens is 4. The van der Waals surface area contributed by atoms with Gasteiger partial charge in [0.05, 0.1) is 5.56 Å². The van der Waals surface area contributed by atoms with Gasteiger partial charge in [0.1, 0.15) is 12.4 Å². The van der Waals surface area contributed by atoms with Crippen LogP contribution in [0.15, 0.2) is 42.5 Å². The van der Waals surface area contributed by atoms with Crippen molar-refractivity contribution in [3.05, 3.63) is 58.6 Å². The van der Waals surface area contributed by atoms with Gasteiger partial charge in [-0.25, -0.2) is 0 Å². The highest BCUT2D eigenvalue weighted by atomic mass is 35.5. The van der Waals surface area contributed by atoms with Crippen LogP contribution in [-0.4, -0.2) is 0 Å². The van der Waals surface area contributed by atoms with Crippen LogP contribution in [0.2, 0.25) is 5.02 Å². The van der Waals surface area contributed by atoms with E-state index in [4.69, 9.17) is 22.1 Å². The van der Waals surface area contributed by atoms with Gasteiger partial charge in [-0.3, -0.25) is 0 Å². The Balaban J connectivity index is 2.13. The molecule has 0 bridgehead atoms. The second-order valence-corrected chi connectivity index (χ2v) is 4.59. The third-order valence-corrected chi connectivity index (χ3v) is 2.90. The Morgan fingerprint density at radius 1 is 1.10 bits per heavy atom. The van der Waals surface area contributed by atoms with Crippen molar-refractivity contribution in [2.45, 2.75) is 12.8 Å². The summed E-state index contributed by atoms with van der Waals surface area (Å²) in [5, 5.41) is 0.488. The van der Waals surface area contributed by atoms with E-state index >= 15 is 0 Å². The van der Waals surface area contributed by atoms with E-state index in [1.54, 1.807) is 18.2 Å². The van der Waals surface area contributed by atoms with E-state index in [2.05, 4.69) is 0 Å². The first-order valence-corrected chi connectivity index (χ1v) is 6.08. The van der Waals surface area contributed by atoms with Crippen molar-refractivity contribution in [1.29, 1.82) is 0 Å². The van der Waals surface area contributed by atoms with E-state index in [9.17, 15) is 13.2 Å². The van der Waals surface area contributed by atoms with Crippen molar-refractivity contribution in [2.24, 2.45) is 0 Å². The largest absolute Gasteiger partial charge is 0.489 e. The van der Waals surface area contributed by atoms with Gasteiger partial charge in [0.2, 0.25) is 0 Å². The highest BCUT2D eigenvalue weighted by Crippen LogP contribution is 2.31. The van der Waals surface area contributed by atoms with E-state index in [-0.39, 0.29) is 12.4 Å². The van der Waals surface area contributed by atoms with Crippen LogP contribution < -0.4 is 10.5 Å². The molecule has 0 unspecified atom stereocenters. The Labute approximate surface area is 118 Å². The third-order valence-electron chi connectivity index (χ3n) is 2.66. The summed E-state index contributed by atoms with van der Waals surface area (Å²) in [6.07, 6.45) is -4.39. The van der Waals surface area contributed by atoms with E-state index in [0.29, 0.717) is 16.3 Å². The summed E-state index contributed by atoms with van der Waals surface area (Å²) in [6, 6.07) is 9.54. The second-order valence-electron chi connectivity index (χ2n) is 4.16. The average Bonchev–Trinajstić information content (AvgIpc) is 2.39. The van der Waals surface area contributed by atoms with Gasteiger partial charge in [-0.2, -0.15) is 13.2 Å². The molecule has 0 radical (unpaired) electrons. The molecule has 0 aliphatic carbocycles. The SMILES string of the molecule is Nc1ccc(Cl)cc1COc1cccc(C(F)(F)F)c1. The molecule has 0 amide bonds. The second kappa shape index (κ2) is 5.63. The van der Waals surface area contributed by atoms with E-state index in [0.717, 1.165) is 12.1 Å². The summed E-state index contributed by atoms with van der Waals surface area (Å²) in [5.74, 6) is 0.124. The Bertz CT molecular complexity index is 614. The van der Waals surface area contributed by atoms with Crippen LogP contribution in [0.5, 0.6) is 5.75 Å². The molecule has 0 aromatic heterocycles. The van der Waals surface area contributed by atoms with Crippen molar-refractivity contribution in [2.75, 3.05) is 5.73 Å². The molecule has 2 N–H and O–H groups in total. The number of anilines is 1. The van der Waals surface area contributed by atoms with Crippen molar-refractivity contribution in [1.82, 2.24) is 0 Å². The summed E-state index contributed by atoms with van der Waals surface area (Å²) in [4.78, 5) is 0. The fourth-order valence-corrected chi connectivity index (χ4v) is 1.82. The fourth-order valence-electron chi connectivity index (χ4n) is 1.62. The molecule has 0 heterocycles. The Morgan fingerprint density at radius 2 is 1.85 bits per heavy atom. The summed E-state index contributed by atoms with van der Waals surface area (Å²) < 4.78 is 43.0. The lowest BCUT2D eigenvalue weighted by Crippen LogP contribution is -2.05. The molecule has 0 saturated heterocycles.